The van der Waals surface area contributed by atoms with E-state index in [2.05, 4.69) is 5.32 Å². The summed E-state index contributed by atoms with van der Waals surface area (Å²) in [5.74, 6) is -1.77. The predicted octanol–water partition coefficient (Wildman–Crippen LogP) is 3.31. The molecule has 1 atom stereocenters. The van der Waals surface area contributed by atoms with Gasteiger partial charge in [0.15, 0.2) is 0 Å². The summed E-state index contributed by atoms with van der Waals surface area (Å²) in [7, 11) is -3.90. The van der Waals surface area contributed by atoms with E-state index in [1.165, 1.54) is 41.3 Å². The molecule has 10 heteroatoms. The topological polar surface area (TPSA) is 86.8 Å². The van der Waals surface area contributed by atoms with Gasteiger partial charge in [0.1, 0.15) is 24.2 Å². The Kier molecular flexibility index (Phi) is 9.55. The van der Waals surface area contributed by atoms with E-state index < -0.39 is 40.2 Å². The number of hydrogen-bond donors (Lipinski definition) is 1. The van der Waals surface area contributed by atoms with Gasteiger partial charge in [0, 0.05) is 13.1 Å². The van der Waals surface area contributed by atoms with Crippen LogP contribution in [0.15, 0.2) is 48.5 Å². The molecule has 0 radical (unpaired) electrons. The molecule has 0 saturated heterocycles. The summed E-state index contributed by atoms with van der Waals surface area (Å²) in [4.78, 5) is 27.7. The van der Waals surface area contributed by atoms with Crippen molar-refractivity contribution in [1.82, 2.24) is 10.2 Å². The quantitative estimate of drug-likeness (QED) is 0.518. The number of sulfonamides is 1. The first-order valence-electron chi connectivity index (χ1n) is 11.0. The smallest absolute Gasteiger partial charge is 0.244 e. The lowest BCUT2D eigenvalue weighted by Gasteiger charge is -2.33. The fraction of sp³-hybridized carbons (Fsp3) is 0.417. The molecule has 0 bridgehead atoms. The number of nitrogens with zero attached hydrogens (tertiary/aromatic N) is 2. The zero-order valence-electron chi connectivity index (χ0n) is 19.8. The van der Waals surface area contributed by atoms with Crippen molar-refractivity contribution >= 4 is 27.5 Å². The van der Waals surface area contributed by atoms with Crippen LogP contribution in [0.4, 0.5) is 14.5 Å². The zero-order chi connectivity index (χ0) is 25.5. The second kappa shape index (κ2) is 11.9. The second-order valence-corrected chi connectivity index (χ2v) is 10.4. The van der Waals surface area contributed by atoms with Crippen LogP contribution in [-0.2, 0) is 26.2 Å². The number of benzene rings is 2. The first-order chi connectivity index (χ1) is 15.9. The number of anilines is 1. The highest BCUT2D eigenvalue weighted by molar-refractivity contribution is 7.92. The number of rotatable bonds is 11. The second-order valence-electron chi connectivity index (χ2n) is 8.46. The van der Waals surface area contributed by atoms with Crippen molar-refractivity contribution in [3.63, 3.8) is 0 Å². The van der Waals surface area contributed by atoms with Crippen molar-refractivity contribution < 1.29 is 26.8 Å². The van der Waals surface area contributed by atoms with Crippen LogP contribution in [0.5, 0.6) is 0 Å². The van der Waals surface area contributed by atoms with E-state index in [1.54, 1.807) is 6.92 Å². The van der Waals surface area contributed by atoms with Gasteiger partial charge in [0.05, 0.1) is 11.9 Å². The highest BCUT2D eigenvalue weighted by atomic mass is 32.2. The molecule has 2 aromatic rings. The van der Waals surface area contributed by atoms with Gasteiger partial charge in [0.2, 0.25) is 21.8 Å². The molecule has 0 fully saturated rings. The molecule has 2 amide bonds. The van der Waals surface area contributed by atoms with Gasteiger partial charge in [-0.25, -0.2) is 17.2 Å². The third-order valence-electron chi connectivity index (χ3n) is 5.13. The number of hydrogen-bond acceptors (Lipinski definition) is 4. The lowest BCUT2D eigenvalue weighted by Crippen LogP contribution is -2.52. The molecule has 34 heavy (non-hydrogen) atoms. The van der Waals surface area contributed by atoms with Crippen LogP contribution in [0.25, 0.3) is 0 Å². The molecule has 186 valence electrons. The van der Waals surface area contributed by atoms with E-state index in [0.717, 1.165) is 22.7 Å². The number of carbonyl (C=O) groups is 2. The molecule has 0 aliphatic rings. The Balaban J connectivity index is 2.39. The van der Waals surface area contributed by atoms with Crippen molar-refractivity contribution in [3.05, 3.63) is 65.7 Å². The summed E-state index contributed by atoms with van der Waals surface area (Å²) in [6, 6.07) is 9.36. The molecule has 1 N–H and O–H groups in total. The summed E-state index contributed by atoms with van der Waals surface area (Å²) in [6.45, 7) is 5.44. The highest BCUT2D eigenvalue weighted by Crippen LogP contribution is 2.20. The summed E-state index contributed by atoms with van der Waals surface area (Å²) in [5, 5.41) is 2.82. The summed E-state index contributed by atoms with van der Waals surface area (Å²) in [5.41, 5.74) is 0.703. The number of carbonyl (C=O) groups excluding carboxylic acids is 2. The maximum Gasteiger partial charge on any atom is 0.244 e. The molecule has 0 saturated carbocycles. The van der Waals surface area contributed by atoms with Crippen molar-refractivity contribution in [2.45, 2.75) is 39.8 Å². The van der Waals surface area contributed by atoms with Gasteiger partial charge in [-0.2, -0.15) is 0 Å². The number of nitrogens with one attached hydrogen (secondary N) is 1. The van der Waals surface area contributed by atoms with Gasteiger partial charge < -0.3 is 10.2 Å². The Labute approximate surface area is 199 Å². The van der Waals surface area contributed by atoms with Gasteiger partial charge in [-0.1, -0.05) is 32.9 Å². The summed E-state index contributed by atoms with van der Waals surface area (Å²) in [6.07, 6.45) is 1.23. The molecule has 0 aliphatic carbocycles. The maximum atomic E-state index is 13.4. The minimum Gasteiger partial charge on any atom is -0.354 e. The molecule has 2 rings (SSSR count). The van der Waals surface area contributed by atoms with Gasteiger partial charge >= 0.3 is 0 Å². The van der Waals surface area contributed by atoms with Crippen LogP contribution in [0.2, 0.25) is 0 Å². The molecule has 0 aliphatic heterocycles. The fourth-order valence-electron chi connectivity index (χ4n) is 3.35. The summed E-state index contributed by atoms with van der Waals surface area (Å²) < 4.78 is 52.5. The van der Waals surface area contributed by atoms with E-state index in [-0.39, 0.29) is 30.5 Å². The fourth-order valence-corrected chi connectivity index (χ4v) is 4.20. The zero-order valence-corrected chi connectivity index (χ0v) is 20.6. The lowest BCUT2D eigenvalue weighted by atomic mass is 10.1. The van der Waals surface area contributed by atoms with E-state index in [9.17, 15) is 26.8 Å². The average molecular weight is 496 g/mol. The first-order valence-corrected chi connectivity index (χ1v) is 12.8. The van der Waals surface area contributed by atoms with Crippen molar-refractivity contribution in [3.8, 4) is 0 Å². The van der Waals surface area contributed by atoms with Crippen molar-refractivity contribution in [2.75, 3.05) is 23.7 Å². The Bertz CT molecular complexity index is 1070. The normalized spacial score (nSPS) is 12.3. The molecule has 2 aromatic carbocycles. The Morgan fingerprint density at radius 2 is 1.50 bits per heavy atom. The van der Waals surface area contributed by atoms with Crippen LogP contribution in [-0.4, -0.2) is 50.5 Å². The molecular formula is C24H31F2N3O4S. The standard InChI is InChI=1S/C24H31F2N3O4S/c1-5-22(24(31)27-14-17(2)3)28(15-18-6-8-19(25)9-7-18)23(30)16-29(34(4,32)33)21-12-10-20(26)11-13-21/h6-13,17,22H,5,14-16H2,1-4H3,(H,27,31)/t22-/m1/s1. The summed E-state index contributed by atoms with van der Waals surface area (Å²) >= 11 is 0. The lowest BCUT2D eigenvalue weighted by molar-refractivity contribution is -0.140. The maximum absolute atomic E-state index is 13.4. The molecule has 0 aromatic heterocycles. The first kappa shape index (κ1) is 27.2. The average Bonchev–Trinajstić information content (AvgIpc) is 2.77. The van der Waals surface area contributed by atoms with Crippen molar-refractivity contribution in [1.29, 1.82) is 0 Å². The van der Waals surface area contributed by atoms with Crippen LogP contribution in [0.1, 0.15) is 32.8 Å². The number of amides is 2. The molecule has 0 heterocycles. The monoisotopic (exact) mass is 495 g/mol. The van der Waals surface area contributed by atoms with E-state index in [1.807, 2.05) is 13.8 Å². The molecular weight excluding hydrogens is 464 g/mol. The van der Waals surface area contributed by atoms with Crippen LogP contribution < -0.4 is 9.62 Å². The van der Waals surface area contributed by atoms with Crippen LogP contribution >= 0.6 is 0 Å². The molecule has 7 nitrogen and oxygen atoms in total. The predicted molar refractivity (Wildman–Crippen MR) is 127 cm³/mol. The van der Waals surface area contributed by atoms with Gasteiger partial charge in [-0.3, -0.25) is 13.9 Å². The Morgan fingerprint density at radius 1 is 0.971 bits per heavy atom. The number of halogens is 2. The van der Waals surface area contributed by atoms with Gasteiger partial charge in [-0.05, 0) is 54.3 Å². The Morgan fingerprint density at radius 3 is 1.97 bits per heavy atom. The van der Waals surface area contributed by atoms with Crippen molar-refractivity contribution in [2.24, 2.45) is 5.92 Å². The van der Waals surface area contributed by atoms with Gasteiger partial charge in [0.25, 0.3) is 0 Å². The van der Waals surface area contributed by atoms with E-state index in [4.69, 9.17) is 0 Å². The van der Waals surface area contributed by atoms with E-state index in [0.29, 0.717) is 12.1 Å². The Hall–Kier alpha value is -3.01. The third-order valence-corrected chi connectivity index (χ3v) is 6.27. The minimum atomic E-state index is -3.90. The highest BCUT2D eigenvalue weighted by Gasteiger charge is 2.31. The van der Waals surface area contributed by atoms with E-state index >= 15 is 0 Å². The molecule has 0 unspecified atom stereocenters. The SMILES string of the molecule is CC[C@H](C(=O)NCC(C)C)N(Cc1ccc(F)cc1)C(=O)CN(c1ccc(F)cc1)S(C)(=O)=O. The van der Waals surface area contributed by atoms with Gasteiger partial charge in [-0.15, -0.1) is 0 Å². The molecule has 0 spiro atoms. The minimum absolute atomic E-state index is 0.0201. The van der Waals surface area contributed by atoms with Crippen LogP contribution in [0.3, 0.4) is 0 Å². The van der Waals surface area contributed by atoms with Crippen LogP contribution in [0, 0.1) is 17.6 Å². The third kappa shape index (κ3) is 7.79. The largest absolute Gasteiger partial charge is 0.354 e.